The molecule has 0 unspecified atom stereocenters. The van der Waals surface area contributed by atoms with Crippen LogP contribution in [0.2, 0.25) is 0 Å². The van der Waals surface area contributed by atoms with Crippen molar-refractivity contribution in [3.05, 3.63) is 30.3 Å². The molecule has 79 valence electrons. The van der Waals surface area contributed by atoms with Gasteiger partial charge in [0.2, 0.25) is 5.91 Å². The zero-order valence-corrected chi connectivity index (χ0v) is 8.80. The number of nitrogens with zero attached hydrogens (tertiary/aromatic N) is 2. The minimum atomic E-state index is -0.137. The maximum Gasteiger partial charge on any atom is 0.337 e. The number of rotatable bonds is 4. The van der Waals surface area contributed by atoms with E-state index in [1.807, 2.05) is 6.07 Å². The van der Waals surface area contributed by atoms with Gasteiger partial charge in [-0.15, -0.1) is 0 Å². The first-order valence-electron chi connectivity index (χ1n) is 4.70. The van der Waals surface area contributed by atoms with Crippen molar-refractivity contribution in [3.8, 4) is 0 Å². The molecule has 0 spiro atoms. The van der Waals surface area contributed by atoms with Crippen molar-refractivity contribution in [2.45, 2.75) is 13.3 Å². The Labute approximate surface area is 89.1 Å². The normalized spacial score (nSPS) is 9.47. The molecular formula is C11H13N2O2. The van der Waals surface area contributed by atoms with Gasteiger partial charge in [-0.2, -0.15) is 0 Å². The zero-order valence-electron chi connectivity index (χ0n) is 8.80. The molecule has 4 heteroatoms. The molecule has 0 saturated carbocycles. The molecule has 0 bridgehead atoms. The third kappa shape index (κ3) is 2.56. The van der Waals surface area contributed by atoms with E-state index in [0.717, 1.165) is 5.01 Å². The lowest BCUT2D eigenvalue weighted by Gasteiger charge is -2.26. The van der Waals surface area contributed by atoms with E-state index < -0.39 is 0 Å². The number of hydrazine groups is 1. The molecule has 4 nitrogen and oxygen atoms in total. The van der Waals surface area contributed by atoms with E-state index in [1.165, 1.54) is 5.01 Å². The third-order valence-corrected chi connectivity index (χ3v) is 2.05. The van der Waals surface area contributed by atoms with Crippen molar-refractivity contribution in [2.24, 2.45) is 0 Å². The fourth-order valence-electron chi connectivity index (χ4n) is 1.20. The average molecular weight is 205 g/mol. The van der Waals surface area contributed by atoms with Crippen molar-refractivity contribution < 1.29 is 9.59 Å². The minimum Gasteiger partial charge on any atom is -0.273 e. The van der Waals surface area contributed by atoms with Gasteiger partial charge in [-0.3, -0.25) is 9.59 Å². The molecule has 0 atom stereocenters. The lowest BCUT2D eigenvalue weighted by molar-refractivity contribution is -0.129. The predicted octanol–water partition coefficient (Wildman–Crippen LogP) is 1.34. The first-order valence-corrected chi connectivity index (χ1v) is 4.70. The summed E-state index contributed by atoms with van der Waals surface area (Å²) in [7, 11) is 1.55. The summed E-state index contributed by atoms with van der Waals surface area (Å²) >= 11 is 0. The Bertz CT molecular complexity index is 338. The maximum atomic E-state index is 11.4. The lowest BCUT2D eigenvalue weighted by Crippen LogP contribution is -2.42. The van der Waals surface area contributed by atoms with Gasteiger partial charge in [0.1, 0.15) is 0 Å². The first-order chi connectivity index (χ1) is 7.20. The topological polar surface area (TPSA) is 40.6 Å². The Hall–Kier alpha value is -1.84. The monoisotopic (exact) mass is 205 g/mol. The quantitative estimate of drug-likeness (QED) is 0.549. The Morgan fingerprint density at radius 2 is 1.93 bits per heavy atom. The number of carbonyl (C=O) groups excluding carboxylic acids is 2. The second kappa shape index (κ2) is 5.14. The highest BCUT2D eigenvalue weighted by Crippen LogP contribution is 2.13. The summed E-state index contributed by atoms with van der Waals surface area (Å²) in [5, 5.41) is 2.41. The van der Waals surface area contributed by atoms with Crippen LogP contribution in [0.1, 0.15) is 13.3 Å². The highest BCUT2D eigenvalue weighted by atomic mass is 16.2. The largest absolute Gasteiger partial charge is 0.337 e. The lowest BCUT2D eigenvalue weighted by atomic mass is 10.3. The summed E-state index contributed by atoms with van der Waals surface area (Å²) in [4.78, 5) is 22.2. The molecule has 0 saturated heterocycles. The molecular weight excluding hydrogens is 192 g/mol. The van der Waals surface area contributed by atoms with Crippen LogP contribution < -0.4 is 5.01 Å². The van der Waals surface area contributed by atoms with Crippen LogP contribution in [0.5, 0.6) is 0 Å². The van der Waals surface area contributed by atoms with Gasteiger partial charge in [0.05, 0.1) is 5.69 Å². The van der Waals surface area contributed by atoms with E-state index in [-0.39, 0.29) is 5.91 Å². The number of hydrogen-bond acceptors (Lipinski definition) is 2. The molecule has 1 aromatic carbocycles. The van der Waals surface area contributed by atoms with E-state index in [0.29, 0.717) is 12.1 Å². The molecule has 1 aromatic rings. The second-order valence-electron chi connectivity index (χ2n) is 3.01. The van der Waals surface area contributed by atoms with Gasteiger partial charge in [-0.05, 0) is 12.1 Å². The molecule has 0 fully saturated rings. The van der Waals surface area contributed by atoms with Gasteiger partial charge >= 0.3 is 6.41 Å². The van der Waals surface area contributed by atoms with E-state index >= 15 is 0 Å². The van der Waals surface area contributed by atoms with Crippen LogP contribution in [-0.2, 0) is 9.59 Å². The minimum absolute atomic E-state index is 0.137. The van der Waals surface area contributed by atoms with E-state index in [1.54, 1.807) is 44.6 Å². The predicted molar refractivity (Wildman–Crippen MR) is 57.7 cm³/mol. The number of anilines is 1. The SMILES string of the molecule is CCC(=O)N(C)N([C]=O)c1ccccc1. The summed E-state index contributed by atoms with van der Waals surface area (Å²) in [6, 6.07) is 8.91. The van der Waals surface area contributed by atoms with E-state index in [2.05, 4.69) is 0 Å². The Kier molecular flexibility index (Phi) is 3.85. The summed E-state index contributed by atoms with van der Waals surface area (Å²) in [6.45, 7) is 1.74. The number of carbonyl (C=O) groups is 1. The standard InChI is InChI=1S/C11H13N2O2/c1-3-11(15)12(2)13(9-14)10-7-5-4-6-8-10/h4-8H,3H2,1-2H3. The molecule has 1 rings (SSSR count). The van der Waals surface area contributed by atoms with Crippen molar-refractivity contribution in [1.29, 1.82) is 0 Å². The number of benzene rings is 1. The molecule has 0 aliphatic carbocycles. The van der Waals surface area contributed by atoms with Gasteiger partial charge < -0.3 is 0 Å². The highest BCUT2D eigenvalue weighted by Gasteiger charge is 2.16. The molecule has 15 heavy (non-hydrogen) atoms. The van der Waals surface area contributed by atoms with Crippen molar-refractivity contribution in [3.63, 3.8) is 0 Å². The average Bonchev–Trinajstić information content (AvgIpc) is 2.30. The van der Waals surface area contributed by atoms with Crippen LogP contribution in [0.3, 0.4) is 0 Å². The summed E-state index contributed by atoms with van der Waals surface area (Å²) in [6.07, 6.45) is 2.07. The van der Waals surface area contributed by atoms with Crippen molar-refractivity contribution in [1.82, 2.24) is 5.01 Å². The summed E-state index contributed by atoms with van der Waals surface area (Å²) < 4.78 is 0. The van der Waals surface area contributed by atoms with Crippen LogP contribution in [0.25, 0.3) is 0 Å². The maximum absolute atomic E-state index is 11.4. The Morgan fingerprint density at radius 3 is 2.40 bits per heavy atom. The Balaban J connectivity index is 2.89. The van der Waals surface area contributed by atoms with E-state index in [9.17, 15) is 9.59 Å². The van der Waals surface area contributed by atoms with Crippen LogP contribution >= 0.6 is 0 Å². The van der Waals surface area contributed by atoms with Crippen molar-refractivity contribution >= 4 is 18.0 Å². The molecule has 0 heterocycles. The number of hydrogen-bond donors (Lipinski definition) is 0. The second-order valence-corrected chi connectivity index (χ2v) is 3.01. The third-order valence-electron chi connectivity index (χ3n) is 2.05. The number of amides is 2. The van der Waals surface area contributed by atoms with Gasteiger partial charge in [-0.1, -0.05) is 25.1 Å². The molecule has 1 radical (unpaired) electrons. The van der Waals surface area contributed by atoms with Crippen molar-refractivity contribution in [2.75, 3.05) is 12.1 Å². The van der Waals surface area contributed by atoms with Gasteiger partial charge in [-0.25, -0.2) is 10.0 Å². The molecule has 0 aliphatic heterocycles. The van der Waals surface area contributed by atoms with Gasteiger partial charge in [0.25, 0.3) is 0 Å². The van der Waals surface area contributed by atoms with Crippen LogP contribution in [0.15, 0.2) is 30.3 Å². The van der Waals surface area contributed by atoms with E-state index in [4.69, 9.17) is 0 Å². The fraction of sp³-hybridized carbons (Fsp3) is 0.273. The van der Waals surface area contributed by atoms with Crippen LogP contribution in [0, 0.1) is 0 Å². The first kappa shape index (κ1) is 11.2. The highest BCUT2D eigenvalue weighted by molar-refractivity contribution is 5.84. The fourth-order valence-corrected chi connectivity index (χ4v) is 1.20. The molecule has 0 aliphatic rings. The number of para-hydroxylation sites is 1. The molecule has 0 aromatic heterocycles. The van der Waals surface area contributed by atoms with Gasteiger partial charge in [0, 0.05) is 13.5 Å². The summed E-state index contributed by atoms with van der Waals surface area (Å²) in [5.74, 6) is -0.137. The zero-order chi connectivity index (χ0) is 11.3. The molecule has 2 amide bonds. The molecule has 0 N–H and O–H groups in total. The van der Waals surface area contributed by atoms with Crippen LogP contribution in [0.4, 0.5) is 5.69 Å². The van der Waals surface area contributed by atoms with Gasteiger partial charge in [0.15, 0.2) is 0 Å². The Morgan fingerprint density at radius 1 is 1.33 bits per heavy atom. The smallest absolute Gasteiger partial charge is 0.273 e. The van der Waals surface area contributed by atoms with Crippen LogP contribution in [-0.4, -0.2) is 24.4 Å². The summed E-state index contributed by atoms with van der Waals surface area (Å²) in [5.41, 5.74) is 0.622.